The van der Waals surface area contributed by atoms with Gasteiger partial charge < -0.3 is 10.1 Å². The van der Waals surface area contributed by atoms with Crippen molar-refractivity contribution >= 4 is 0 Å². The van der Waals surface area contributed by atoms with Gasteiger partial charge in [0.2, 0.25) is 0 Å². The van der Waals surface area contributed by atoms with Gasteiger partial charge in [-0.3, -0.25) is 5.10 Å². The van der Waals surface area contributed by atoms with Crippen molar-refractivity contribution in [2.75, 3.05) is 6.61 Å². The first-order chi connectivity index (χ1) is 9.20. The van der Waals surface area contributed by atoms with E-state index >= 15 is 0 Å². The zero-order valence-corrected chi connectivity index (χ0v) is 11.7. The largest absolute Gasteiger partial charge is 0.494 e. The van der Waals surface area contributed by atoms with E-state index in [0.29, 0.717) is 12.6 Å². The van der Waals surface area contributed by atoms with Crippen molar-refractivity contribution in [1.82, 2.24) is 15.5 Å². The third-order valence-electron chi connectivity index (χ3n) is 3.22. The minimum absolute atomic E-state index is 0.296. The highest BCUT2D eigenvalue weighted by atomic mass is 16.5. The molecule has 0 aliphatic heterocycles. The Morgan fingerprint density at radius 1 is 1.32 bits per heavy atom. The van der Waals surface area contributed by atoms with E-state index in [1.165, 1.54) is 11.1 Å². The van der Waals surface area contributed by atoms with Crippen LogP contribution in [0, 0.1) is 6.92 Å². The number of benzene rings is 1. The van der Waals surface area contributed by atoms with Gasteiger partial charge in [0, 0.05) is 23.8 Å². The molecule has 1 aromatic heterocycles. The summed E-state index contributed by atoms with van der Waals surface area (Å²) in [5.41, 5.74) is 3.58. The fourth-order valence-corrected chi connectivity index (χ4v) is 1.95. The topological polar surface area (TPSA) is 49.9 Å². The molecule has 0 aliphatic rings. The summed E-state index contributed by atoms with van der Waals surface area (Å²) >= 11 is 0. The van der Waals surface area contributed by atoms with Crippen LogP contribution in [0.25, 0.3) is 0 Å². The molecule has 1 heterocycles. The highest BCUT2D eigenvalue weighted by molar-refractivity contribution is 5.29. The molecular formula is C15H21N3O. The summed E-state index contributed by atoms with van der Waals surface area (Å²) in [6.07, 6.45) is 1.87. The van der Waals surface area contributed by atoms with Crippen LogP contribution in [0.1, 0.15) is 36.7 Å². The Morgan fingerprint density at radius 3 is 2.63 bits per heavy atom. The number of H-pyrrole nitrogens is 1. The van der Waals surface area contributed by atoms with Crippen LogP contribution in [0.15, 0.2) is 30.5 Å². The van der Waals surface area contributed by atoms with E-state index in [0.717, 1.165) is 18.0 Å². The number of aromatic nitrogens is 2. The van der Waals surface area contributed by atoms with Crippen molar-refractivity contribution in [3.05, 3.63) is 47.3 Å². The van der Waals surface area contributed by atoms with Crippen LogP contribution < -0.4 is 10.1 Å². The normalized spacial score (nSPS) is 12.4. The summed E-state index contributed by atoms with van der Waals surface area (Å²) < 4.78 is 5.44. The molecule has 0 fully saturated rings. The number of ether oxygens (including phenoxy) is 1. The molecule has 0 saturated carbocycles. The molecule has 2 N–H and O–H groups in total. The molecule has 0 amide bonds. The second-order valence-corrected chi connectivity index (χ2v) is 4.62. The van der Waals surface area contributed by atoms with Crippen LogP contribution in [0.2, 0.25) is 0 Å². The molecule has 4 nitrogen and oxygen atoms in total. The zero-order valence-electron chi connectivity index (χ0n) is 11.7. The maximum absolute atomic E-state index is 5.44. The SMILES string of the molecule is CCOc1ccc([C@@H](C)NCc2cn[nH]c2C)cc1. The average Bonchev–Trinajstić information content (AvgIpc) is 2.83. The van der Waals surface area contributed by atoms with Gasteiger partial charge in [0.25, 0.3) is 0 Å². The molecule has 19 heavy (non-hydrogen) atoms. The molecule has 0 radical (unpaired) electrons. The first-order valence-electron chi connectivity index (χ1n) is 6.65. The molecule has 0 bridgehead atoms. The maximum Gasteiger partial charge on any atom is 0.119 e. The molecular weight excluding hydrogens is 238 g/mol. The Kier molecular flexibility index (Phi) is 4.58. The minimum atomic E-state index is 0.296. The van der Waals surface area contributed by atoms with Crippen LogP contribution in [-0.2, 0) is 6.54 Å². The molecule has 0 unspecified atom stereocenters. The molecule has 0 aliphatic carbocycles. The summed E-state index contributed by atoms with van der Waals surface area (Å²) in [6, 6.07) is 8.53. The lowest BCUT2D eigenvalue weighted by Gasteiger charge is -2.14. The second kappa shape index (κ2) is 6.38. The average molecular weight is 259 g/mol. The molecule has 102 valence electrons. The minimum Gasteiger partial charge on any atom is -0.494 e. The van der Waals surface area contributed by atoms with E-state index in [1.807, 2.05) is 32.2 Å². The van der Waals surface area contributed by atoms with Gasteiger partial charge >= 0.3 is 0 Å². The predicted octanol–water partition coefficient (Wildman–Crippen LogP) is 2.97. The number of nitrogens with zero attached hydrogens (tertiary/aromatic N) is 1. The van der Waals surface area contributed by atoms with Crippen LogP contribution in [0.4, 0.5) is 0 Å². The third kappa shape index (κ3) is 3.58. The van der Waals surface area contributed by atoms with Gasteiger partial charge in [0.1, 0.15) is 5.75 Å². The third-order valence-corrected chi connectivity index (χ3v) is 3.22. The number of nitrogens with one attached hydrogen (secondary N) is 2. The number of hydrogen-bond donors (Lipinski definition) is 2. The fraction of sp³-hybridized carbons (Fsp3) is 0.400. The van der Waals surface area contributed by atoms with Gasteiger partial charge in [-0.25, -0.2) is 0 Å². The lowest BCUT2D eigenvalue weighted by molar-refractivity contribution is 0.340. The summed E-state index contributed by atoms with van der Waals surface area (Å²) in [4.78, 5) is 0. The van der Waals surface area contributed by atoms with Gasteiger partial charge in [-0.05, 0) is 38.5 Å². The van der Waals surface area contributed by atoms with Crippen LogP contribution >= 0.6 is 0 Å². The first-order valence-corrected chi connectivity index (χ1v) is 6.65. The summed E-state index contributed by atoms with van der Waals surface area (Å²) in [5.74, 6) is 0.920. The second-order valence-electron chi connectivity index (χ2n) is 4.62. The zero-order chi connectivity index (χ0) is 13.7. The van der Waals surface area contributed by atoms with Crippen molar-refractivity contribution < 1.29 is 4.74 Å². The Labute approximate surface area is 114 Å². The van der Waals surface area contributed by atoms with E-state index in [-0.39, 0.29) is 0 Å². The van der Waals surface area contributed by atoms with Crippen LogP contribution in [0.5, 0.6) is 5.75 Å². The Morgan fingerprint density at radius 2 is 2.05 bits per heavy atom. The Hall–Kier alpha value is -1.81. The first kappa shape index (κ1) is 13.6. The summed E-state index contributed by atoms with van der Waals surface area (Å²) in [5, 5.41) is 10.5. The molecule has 0 saturated heterocycles. The van der Waals surface area contributed by atoms with E-state index in [4.69, 9.17) is 4.74 Å². The van der Waals surface area contributed by atoms with Crippen molar-refractivity contribution in [3.63, 3.8) is 0 Å². The molecule has 1 atom stereocenters. The van der Waals surface area contributed by atoms with Crippen LogP contribution in [0.3, 0.4) is 0 Å². The quantitative estimate of drug-likeness (QED) is 0.838. The summed E-state index contributed by atoms with van der Waals surface area (Å²) in [7, 11) is 0. The van der Waals surface area contributed by atoms with E-state index in [9.17, 15) is 0 Å². The van der Waals surface area contributed by atoms with E-state index < -0.39 is 0 Å². The predicted molar refractivity (Wildman–Crippen MR) is 76.2 cm³/mol. The van der Waals surface area contributed by atoms with Gasteiger partial charge in [-0.1, -0.05) is 12.1 Å². The number of hydrogen-bond acceptors (Lipinski definition) is 3. The Balaban J connectivity index is 1.92. The van der Waals surface area contributed by atoms with E-state index in [1.54, 1.807) is 0 Å². The monoisotopic (exact) mass is 259 g/mol. The van der Waals surface area contributed by atoms with Crippen molar-refractivity contribution in [1.29, 1.82) is 0 Å². The molecule has 4 heteroatoms. The number of aryl methyl sites for hydroxylation is 1. The van der Waals surface area contributed by atoms with Crippen molar-refractivity contribution in [2.24, 2.45) is 0 Å². The maximum atomic E-state index is 5.44. The highest BCUT2D eigenvalue weighted by Crippen LogP contribution is 2.18. The molecule has 1 aromatic carbocycles. The van der Waals surface area contributed by atoms with Gasteiger partial charge in [-0.15, -0.1) is 0 Å². The molecule has 2 rings (SSSR count). The lowest BCUT2D eigenvalue weighted by atomic mass is 10.1. The van der Waals surface area contributed by atoms with Crippen LogP contribution in [-0.4, -0.2) is 16.8 Å². The lowest BCUT2D eigenvalue weighted by Crippen LogP contribution is -2.18. The molecule has 0 spiro atoms. The van der Waals surface area contributed by atoms with Gasteiger partial charge in [0.05, 0.1) is 12.8 Å². The van der Waals surface area contributed by atoms with Crippen molar-refractivity contribution in [2.45, 2.75) is 33.4 Å². The number of rotatable bonds is 6. The van der Waals surface area contributed by atoms with E-state index in [2.05, 4.69) is 34.6 Å². The molecule has 2 aromatic rings. The van der Waals surface area contributed by atoms with Gasteiger partial charge in [-0.2, -0.15) is 5.10 Å². The van der Waals surface area contributed by atoms with Crippen molar-refractivity contribution in [3.8, 4) is 5.75 Å². The summed E-state index contributed by atoms with van der Waals surface area (Å²) in [6.45, 7) is 7.70. The van der Waals surface area contributed by atoms with Gasteiger partial charge in [0.15, 0.2) is 0 Å². The number of aromatic amines is 1. The standard InChI is InChI=1S/C15H21N3O/c1-4-19-15-7-5-13(6-8-15)11(2)16-9-14-10-17-18-12(14)3/h5-8,10-11,16H,4,9H2,1-3H3,(H,17,18)/t11-/m1/s1. The fourth-order valence-electron chi connectivity index (χ4n) is 1.95. The highest BCUT2D eigenvalue weighted by Gasteiger charge is 2.07. The smallest absolute Gasteiger partial charge is 0.119 e. The Bertz CT molecular complexity index is 504.